The number of halogens is 2. The number of para-hydroxylation sites is 1. The van der Waals surface area contributed by atoms with Crippen molar-refractivity contribution in [3.63, 3.8) is 0 Å². The summed E-state index contributed by atoms with van der Waals surface area (Å²) >= 11 is 0. The van der Waals surface area contributed by atoms with Gasteiger partial charge in [0.05, 0.1) is 6.61 Å². The van der Waals surface area contributed by atoms with Crippen molar-refractivity contribution in [3.8, 4) is 5.75 Å². The van der Waals surface area contributed by atoms with E-state index in [1.165, 1.54) is 13.2 Å². The summed E-state index contributed by atoms with van der Waals surface area (Å²) in [6, 6.07) is 3.57. The lowest BCUT2D eigenvalue weighted by Gasteiger charge is -2.06. The fraction of sp³-hybridized carbons (Fsp3) is 0.333. The molecule has 0 aliphatic carbocycles. The van der Waals surface area contributed by atoms with Crippen LogP contribution in [-0.2, 0) is 4.74 Å². The van der Waals surface area contributed by atoms with Gasteiger partial charge in [-0.05, 0) is 12.1 Å². The van der Waals surface area contributed by atoms with Crippen molar-refractivity contribution in [2.75, 3.05) is 20.3 Å². The molecule has 0 spiro atoms. The van der Waals surface area contributed by atoms with E-state index in [0.29, 0.717) is 6.61 Å². The van der Waals surface area contributed by atoms with Crippen LogP contribution < -0.4 is 4.74 Å². The molecule has 72 valence electrons. The standard InChI is InChI=1S/C9H10F2O2/c1-12-5-6-13-9-7(10)3-2-4-8(9)11/h2-4H,5-6H2,1H3. The van der Waals surface area contributed by atoms with E-state index >= 15 is 0 Å². The molecule has 0 aromatic heterocycles. The van der Waals surface area contributed by atoms with E-state index in [2.05, 4.69) is 4.74 Å². The van der Waals surface area contributed by atoms with Gasteiger partial charge >= 0.3 is 0 Å². The van der Waals surface area contributed by atoms with Crippen LogP contribution >= 0.6 is 0 Å². The zero-order chi connectivity index (χ0) is 9.68. The first-order chi connectivity index (χ1) is 6.25. The van der Waals surface area contributed by atoms with Crippen molar-refractivity contribution >= 4 is 0 Å². The molecule has 0 saturated heterocycles. The van der Waals surface area contributed by atoms with Gasteiger partial charge in [-0.3, -0.25) is 0 Å². The predicted octanol–water partition coefficient (Wildman–Crippen LogP) is 1.99. The molecule has 13 heavy (non-hydrogen) atoms. The third kappa shape index (κ3) is 2.66. The Kier molecular flexibility index (Phi) is 3.64. The first kappa shape index (κ1) is 9.92. The van der Waals surface area contributed by atoms with E-state index < -0.39 is 11.6 Å². The molecular weight excluding hydrogens is 178 g/mol. The van der Waals surface area contributed by atoms with Crippen LogP contribution in [0.4, 0.5) is 8.78 Å². The Morgan fingerprint density at radius 3 is 2.31 bits per heavy atom. The van der Waals surface area contributed by atoms with E-state index in [1.807, 2.05) is 0 Å². The molecule has 1 aromatic carbocycles. The minimum Gasteiger partial charge on any atom is -0.485 e. The van der Waals surface area contributed by atoms with Gasteiger partial charge in [0.25, 0.3) is 0 Å². The molecule has 0 aliphatic heterocycles. The van der Waals surface area contributed by atoms with Gasteiger partial charge in [0.1, 0.15) is 6.61 Å². The minimum atomic E-state index is -0.698. The van der Waals surface area contributed by atoms with Crippen molar-refractivity contribution in [2.24, 2.45) is 0 Å². The van der Waals surface area contributed by atoms with Gasteiger partial charge < -0.3 is 9.47 Å². The lowest BCUT2D eigenvalue weighted by Crippen LogP contribution is -2.06. The Bertz CT molecular complexity index is 256. The smallest absolute Gasteiger partial charge is 0.190 e. The van der Waals surface area contributed by atoms with Crippen molar-refractivity contribution in [1.82, 2.24) is 0 Å². The average molecular weight is 188 g/mol. The number of rotatable bonds is 4. The number of methoxy groups -OCH3 is 1. The molecule has 0 unspecified atom stereocenters. The Hall–Kier alpha value is -1.16. The topological polar surface area (TPSA) is 18.5 Å². The van der Waals surface area contributed by atoms with Gasteiger partial charge in [-0.2, -0.15) is 0 Å². The quantitative estimate of drug-likeness (QED) is 0.673. The molecular formula is C9H10F2O2. The monoisotopic (exact) mass is 188 g/mol. The van der Waals surface area contributed by atoms with Crippen molar-refractivity contribution < 1.29 is 18.3 Å². The lowest BCUT2D eigenvalue weighted by molar-refractivity contribution is 0.141. The highest BCUT2D eigenvalue weighted by molar-refractivity contribution is 5.25. The molecule has 0 bridgehead atoms. The molecule has 0 amide bonds. The minimum absolute atomic E-state index is 0.133. The van der Waals surface area contributed by atoms with Crippen LogP contribution in [0, 0.1) is 11.6 Å². The van der Waals surface area contributed by atoms with Gasteiger partial charge in [0.2, 0.25) is 0 Å². The Morgan fingerprint density at radius 2 is 1.77 bits per heavy atom. The van der Waals surface area contributed by atoms with Crippen LogP contribution in [0.1, 0.15) is 0 Å². The molecule has 0 atom stereocenters. The van der Waals surface area contributed by atoms with Crippen LogP contribution in [-0.4, -0.2) is 20.3 Å². The third-order valence-electron chi connectivity index (χ3n) is 1.45. The fourth-order valence-electron chi connectivity index (χ4n) is 0.847. The fourth-order valence-corrected chi connectivity index (χ4v) is 0.847. The molecule has 0 fully saturated rings. The van der Waals surface area contributed by atoms with E-state index in [9.17, 15) is 8.78 Å². The molecule has 1 rings (SSSR count). The second-order valence-corrected chi connectivity index (χ2v) is 2.39. The Balaban J connectivity index is 2.64. The normalized spacial score (nSPS) is 10.1. The summed E-state index contributed by atoms with van der Waals surface area (Å²) in [5.41, 5.74) is 0. The van der Waals surface area contributed by atoms with Crippen molar-refractivity contribution in [2.45, 2.75) is 0 Å². The second-order valence-electron chi connectivity index (χ2n) is 2.39. The maximum atomic E-state index is 12.9. The zero-order valence-electron chi connectivity index (χ0n) is 7.22. The molecule has 0 N–H and O–H groups in total. The van der Waals surface area contributed by atoms with E-state index in [-0.39, 0.29) is 12.4 Å². The SMILES string of the molecule is COCCOc1c(F)cccc1F. The van der Waals surface area contributed by atoms with Crippen LogP contribution in [0.2, 0.25) is 0 Å². The largest absolute Gasteiger partial charge is 0.485 e. The van der Waals surface area contributed by atoms with Crippen LogP contribution in [0.25, 0.3) is 0 Å². The van der Waals surface area contributed by atoms with Gasteiger partial charge in [-0.25, -0.2) is 8.78 Å². The van der Waals surface area contributed by atoms with Crippen LogP contribution in [0.15, 0.2) is 18.2 Å². The summed E-state index contributed by atoms with van der Waals surface area (Å²) < 4.78 is 35.3. The highest BCUT2D eigenvalue weighted by Crippen LogP contribution is 2.20. The first-order valence-electron chi connectivity index (χ1n) is 3.81. The summed E-state index contributed by atoms with van der Waals surface area (Å²) in [6.07, 6.45) is 0. The number of benzene rings is 1. The first-order valence-corrected chi connectivity index (χ1v) is 3.81. The summed E-state index contributed by atoms with van der Waals surface area (Å²) in [6.45, 7) is 0.433. The van der Waals surface area contributed by atoms with Crippen LogP contribution in [0.3, 0.4) is 0 Å². The Labute approximate surface area is 75.1 Å². The maximum Gasteiger partial charge on any atom is 0.190 e. The maximum absolute atomic E-state index is 12.9. The van der Waals surface area contributed by atoms with Crippen molar-refractivity contribution in [3.05, 3.63) is 29.8 Å². The van der Waals surface area contributed by atoms with Crippen molar-refractivity contribution in [1.29, 1.82) is 0 Å². The van der Waals surface area contributed by atoms with Crippen LogP contribution in [0.5, 0.6) is 5.75 Å². The predicted molar refractivity (Wildman–Crippen MR) is 43.7 cm³/mol. The molecule has 0 heterocycles. The van der Waals surface area contributed by atoms with E-state index in [4.69, 9.17) is 4.74 Å². The summed E-state index contributed by atoms with van der Waals surface area (Å²) in [5.74, 6) is -1.74. The van der Waals surface area contributed by atoms with E-state index in [0.717, 1.165) is 12.1 Å². The number of hydrogen-bond donors (Lipinski definition) is 0. The number of ether oxygens (including phenoxy) is 2. The number of hydrogen-bond acceptors (Lipinski definition) is 2. The Morgan fingerprint density at radius 1 is 1.15 bits per heavy atom. The highest BCUT2D eigenvalue weighted by atomic mass is 19.1. The second kappa shape index (κ2) is 4.77. The van der Waals surface area contributed by atoms with Gasteiger partial charge in [-0.15, -0.1) is 0 Å². The van der Waals surface area contributed by atoms with Gasteiger partial charge in [0.15, 0.2) is 17.4 Å². The average Bonchev–Trinajstić information content (AvgIpc) is 2.10. The molecule has 4 heteroatoms. The summed E-state index contributed by atoms with van der Waals surface area (Å²) in [7, 11) is 1.49. The highest BCUT2D eigenvalue weighted by Gasteiger charge is 2.08. The lowest BCUT2D eigenvalue weighted by atomic mass is 10.3. The zero-order valence-corrected chi connectivity index (χ0v) is 7.22. The molecule has 2 nitrogen and oxygen atoms in total. The van der Waals surface area contributed by atoms with Gasteiger partial charge in [-0.1, -0.05) is 6.07 Å². The van der Waals surface area contributed by atoms with E-state index in [1.54, 1.807) is 0 Å². The molecule has 0 radical (unpaired) electrons. The molecule has 0 saturated carbocycles. The summed E-state index contributed by atoms with van der Waals surface area (Å²) in [5, 5.41) is 0. The molecule has 1 aromatic rings. The molecule has 0 aliphatic rings. The summed E-state index contributed by atoms with van der Waals surface area (Å²) in [4.78, 5) is 0. The third-order valence-corrected chi connectivity index (χ3v) is 1.45. The van der Waals surface area contributed by atoms with Gasteiger partial charge in [0, 0.05) is 7.11 Å².